The van der Waals surface area contributed by atoms with Gasteiger partial charge in [-0.05, 0) is 30.7 Å². The van der Waals surface area contributed by atoms with Crippen molar-refractivity contribution in [3.8, 4) is 0 Å². The molecule has 0 bridgehead atoms. The SMILES string of the molecule is Cc1ccccc1N1CCN(c2ncccc2CNc2ncccn2)CC1. The van der Waals surface area contributed by atoms with Crippen molar-refractivity contribution >= 4 is 17.5 Å². The maximum atomic E-state index is 4.66. The van der Waals surface area contributed by atoms with Crippen molar-refractivity contribution in [3.05, 3.63) is 72.2 Å². The lowest BCUT2D eigenvalue weighted by Gasteiger charge is -2.38. The third-order valence-electron chi connectivity index (χ3n) is 4.91. The van der Waals surface area contributed by atoms with E-state index >= 15 is 0 Å². The summed E-state index contributed by atoms with van der Waals surface area (Å²) in [7, 11) is 0. The Morgan fingerprint density at radius 1 is 0.815 bits per heavy atom. The van der Waals surface area contributed by atoms with Gasteiger partial charge in [0, 0.05) is 62.6 Å². The predicted molar refractivity (Wildman–Crippen MR) is 109 cm³/mol. The Morgan fingerprint density at radius 2 is 1.52 bits per heavy atom. The maximum Gasteiger partial charge on any atom is 0.222 e. The highest BCUT2D eigenvalue weighted by Crippen LogP contribution is 2.24. The highest BCUT2D eigenvalue weighted by molar-refractivity contribution is 5.55. The molecule has 2 aromatic heterocycles. The second-order valence-corrected chi connectivity index (χ2v) is 6.67. The van der Waals surface area contributed by atoms with Gasteiger partial charge in [-0.15, -0.1) is 0 Å². The fourth-order valence-corrected chi connectivity index (χ4v) is 3.50. The Labute approximate surface area is 159 Å². The molecule has 6 nitrogen and oxygen atoms in total. The van der Waals surface area contributed by atoms with Crippen molar-refractivity contribution < 1.29 is 0 Å². The largest absolute Gasteiger partial charge is 0.368 e. The van der Waals surface area contributed by atoms with E-state index in [1.54, 1.807) is 12.4 Å². The molecule has 3 heterocycles. The van der Waals surface area contributed by atoms with E-state index in [0.29, 0.717) is 12.5 Å². The zero-order valence-corrected chi connectivity index (χ0v) is 15.5. The molecule has 27 heavy (non-hydrogen) atoms. The van der Waals surface area contributed by atoms with Crippen molar-refractivity contribution in [2.75, 3.05) is 41.3 Å². The molecule has 0 amide bonds. The van der Waals surface area contributed by atoms with E-state index in [1.165, 1.54) is 11.3 Å². The Kier molecular flexibility index (Phi) is 5.14. The van der Waals surface area contributed by atoms with Crippen molar-refractivity contribution in [3.63, 3.8) is 0 Å². The number of hydrogen-bond acceptors (Lipinski definition) is 6. The molecular formula is C21H24N6. The summed E-state index contributed by atoms with van der Waals surface area (Å²) < 4.78 is 0. The molecule has 1 aliphatic heterocycles. The van der Waals surface area contributed by atoms with Crippen molar-refractivity contribution in [1.82, 2.24) is 15.0 Å². The van der Waals surface area contributed by atoms with Gasteiger partial charge < -0.3 is 15.1 Å². The summed E-state index contributed by atoms with van der Waals surface area (Å²) in [6, 6.07) is 14.5. The lowest BCUT2D eigenvalue weighted by Crippen LogP contribution is -2.47. The van der Waals surface area contributed by atoms with E-state index < -0.39 is 0 Å². The molecule has 3 aromatic rings. The van der Waals surface area contributed by atoms with Crippen molar-refractivity contribution in [2.24, 2.45) is 0 Å². The minimum Gasteiger partial charge on any atom is -0.368 e. The lowest BCUT2D eigenvalue weighted by molar-refractivity contribution is 0.644. The number of hydrogen-bond donors (Lipinski definition) is 1. The van der Waals surface area contributed by atoms with Crippen molar-refractivity contribution in [2.45, 2.75) is 13.5 Å². The molecule has 6 heteroatoms. The van der Waals surface area contributed by atoms with Gasteiger partial charge in [0.1, 0.15) is 5.82 Å². The summed E-state index contributed by atoms with van der Waals surface area (Å²) in [4.78, 5) is 17.9. The van der Waals surface area contributed by atoms with E-state index in [2.05, 4.69) is 67.3 Å². The predicted octanol–water partition coefficient (Wildman–Crippen LogP) is 3.12. The van der Waals surface area contributed by atoms with Crippen LogP contribution in [-0.2, 0) is 6.54 Å². The van der Waals surface area contributed by atoms with Gasteiger partial charge in [-0.3, -0.25) is 0 Å². The summed E-state index contributed by atoms with van der Waals surface area (Å²) >= 11 is 0. The summed E-state index contributed by atoms with van der Waals surface area (Å²) in [6.45, 7) is 6.74. The first-order chi connectivity index (χ1) is 13.3. The maximum absolute atomic E-state index is 4.66. The molecule has 0 unspecified atom stereocenters. The van der Waals surface area contributed by atoms with Crippen LogP contribution in [0.1, 0.15) is 11.1 Å². The standard InChI is InChI=1S/C21H24N6/c1-17-6-2-3-8-19(17)26-12-14-27(15-13-26)20-18(7-4-9-22-20)16-25-21-23-10-5-11-24-21/h2-11H,12-16H2,1H3,(H,23,24,25). The fraction of sp³-hybridized carbons (Fsp3) is 0.286. The van der Waals surface area contributed by atoms with Crippen LogP contribution in [0, 0.1) is 6.92 Å². The zero-order chi connectivity index (χ0) is 18.5. The topological polar surface area (TPSA) is 57.2 Å². The quantitative estimate of drug-likeness (QED) is 0.754. The van der Waals surface area contributed by atoms with Crippen LogP contribution < -0.4 is 15.1 Å². The number of nitrogens with zero attached hydrogens (tertiary/aromatic N) is 5. The smallest absolute Gasteiger partial charge is 0.222 e. The molecule has 1 saturated heterocycles. The molecule has 1 aromatic carbocycles. The zero-order valence-electron chi connectivity index (χ0n) is 15.5. The number of aromatic nitrogens is 3. The molecule has 0 spiro atoms. The van der Waals surface area contributed by atoms with Crippen LogP contribution in [0.3, 0.4) is 0 Å². The van der Waals surface area contributed by atoms with Gasteiger partial charge in [0.2, 0.25) is 5.95 Å². The van der Waals surface area contributed by atoms with E-state index in [9.17, 15) is 0 Å². The second kappa shape index (κ2) is 8.03. The van der Waals surface area contributed by atoms with Crippen molar-refractivity contribution in [1.29, 1.82) is 0 Å². The fourth-order valence-electron chi connectivity index (χ4n) is 3.50. The van der Waals surface area contributed by atoms with Crippen LogP contribution >= 0.6 is 0 Å². The Balaban J connectivity index is 1.43. The second-order valence-electron chi connectivity index (χ2n) is 6.67. The number of pyridine rings is 1. The highest BCUT2D eigenvalue weighted by atomic mass is 15.3. The van der Waals surface area contributed by atoms with E-state index in [0.717, 1.165) is 37.6 Å². The van der Waals surface area contributed by atoms with Gasteiger partial charge in [-0.1, -0.05) is 24.3 Å². The van der Waals surface area contributed by atoms with Crippen LogP contribution in [0.5, 0.6) is 0 Å². The van der Waals surface area contributed by atoms with Crippen LogP contribution in [0.4, 0.5) is 17.5 Å². The first kappa shape index (κ1) is 17.3. The number of para-hydroxylation sites is 1. The van der Waals surface area contributed by atoms with Crippen LogP contribution in [0.2, 0.25) is 0 Å². The number of benzene rings is 1. The van der Waals surface area contributed by atoms with Crippen LogP contribution in [-0.4, -0.2) is 41.1 Å². The van der Waals surface area contributed by atoms with Gasteiger partial charge >= 0.3 is 0 Å². The van der Waals surface area contributed by atoms with E-state index in [4.69, 9.17) is 0 Å². The number of anilines is 3. The summed E-state index contributed by atoms with van der Waals surface area (Å²) in [5.74, 6) is 1.68. The monoisotopic (exact) mass is 360 g/mol. The van der Waals surface area contributed by atoms with Gasteiger partial charge in [-0.25, -0.2) is 15.0 Å². The Bertz CT molecular complexity index is 875. The summed E-state index contributed by atoms with van der Waals surface area (Å²) in [5, 5.41) is 3.28. The molecule has 0 atom stereocenters. The molecule has 4 rings (SSSR count). The normalized spacial score (nSPS) is 14.3. The average Bonchev–Trinajstić information content (AvgIpc) is 2.74. The van der Waals surface area contributed by atoms with Gasteiger partial charge in [0.25, 0.3) is 0 Å². The molecule has 1 fully saturated rings. The minimum atomic E-state index is 0.636. The number of rotatable bonds is 5. The molecular weight excluding hydrogens is 336 g/mol. The molecule has 0 aliphatic carbocycles. The first-order valence-corrected chi connectivity index (χ1v) is 9.31. The first-order valence-electron chi connectivity index (χ1n) is 9.31. The third-order valence-corrected chi connectivity index (χ3v) is 4.91. The highest BCUT2D eigenvalue weighted by Gasteiger charge is 2.21. The average molecular weight is 360 g/mol. The Hall–Kier alpha value is -3.15. The molecule has 1 aliphatic rings. The Morgan fingerprint density at radius 3 is 2.30 bits per heavy atom. The van der Waals surface area contributed by atoms with E-state index in [1.807, 2.05) is 18.3 Å². The molecule has 0 saturated carbocycles. The number of nitrogens with one attached hydrogen (secondary N) is 1. The molecule has 0 radical (unpaired) electrons. The number of piperazine rings is 1. The third kappa shape index (κ3) is 4.00. The van der Waals surface area contributed by atoms with Gasteiger partial charge in [-0.2, -0.15) is 0 Å². The lowest BCUT2D eigenvalue weighted by atomic mass is 10.1. The van der Waals surface area contributed by atoms with E-state index in [-0.39, 0.29) is 0 Å². The van der Waals surface area contributed by atoms with Gasteiger partial charge in [0.05, 0.1) is 0 Å². The molecule has 138 valence electrons. The molecule has 1 N–H and O–H groups in total. The van der Waals surface area contributed by atoms with Crippen LogP contribution in [0.25, 0.3) is 0 Å². The summed E-state index contributed by atoms with van der Waals surface area (Å²) in [6.07, 6.45) is 5.35. The minimum absolute atomic E-state index is 0.636. The number of aryl methyl sites for hydroxylation is 1. The van der Waals surface area contributed by atoms with Crippen LogP contribution in [0.15, 0.2) is 61.1 Å². The van der Waals surface area contributed by atoms with Gasteiger partial charge in [0.15, 0.2) is 0 Å². The summed E-state index contributed by atoms with van der Waals surface area (Å²) in [5.41, 5.74) is 3.83.